The van der Waals surface area contributed by atoms with Crippen molar-refractivity contribution >= 4 is 17.1 Å². The van der Waals surface area contributed by atoms with Gasteiger partial charge in [0.05, 0.1) is 11.4 Å². The first-order chi connectivity index (χ1) is 8.22. The summed E-state index contributed by atoms with van der Waals surface area (Å²) >= 11 is 0. The number of benzene rings is 1. The monoisotopic (exact) mass is 235 g/mol. The number of piperidine rings is 1. The number of aliphatic hydroxyl groups is 1. The van der Waals surface area contributed by atoms with E-state index in [1.54, 1.807) is 0 Å². The van der Waals surface area contributed by atoms with Crippen molar-refractivity contribution in [3.05, 3.63) is 18.2 Å². The molecule has 0 radical (unpaired) electrons. The van der Waals surface area contributed by atoms with Gasteiger partial charge in [-0.15, -0.1) is 0 Å². The molecular formula is C13H21N3O. The standard InChI is InChI=1S/C13H21N3O/c14-12-5-4-11(9-13(12)15)16-7-2-1-3-10(16)6-8-17/h4-5,9-10,17H,1-3,6-8,14-15H2. The van der Waals surface area contributed by atoms with Gasteiger partial charge in [0.1, 0.15) is 0 Å². The second-order valence-corrected chi connectivity index (χ2v) is 4.67. The summed E-state index contributed by atoms with van der Waals surface area (Å²) in [6.45, 7) is 1.28. The molecule has 2 rings (SSSR count). The van der Waals surface area contributed by atoms with E-state index in [9.17, 15) is 0 Å². The van der Waals surface area contributed by atoms with Crippen molar-refractivity contribution in [1.29, 1.82) is 0 Å². The van der Waals surface area contributed by atoms with Crippen molar-refractivity contribution in [2.75, 3.05) is 29.5 Å². The van der Waals surface area contributed by atoms with E-state index in [0.29, 0.717) is 17.4 Å². The molecule has 4 nitrogen and oxygen atoms in total. The van der Waals surface area contributed by atoms with E-state index < -0.39 is 0 Å². The zero-order valence-corrected chi connectivity index (χ0v) is 10.1. The SMILES string of the molecule is Nc1ccc(N2CCCCC2CCO)cc1N. The molecule has 4 heteroatoms. The zero-order chi connectivity index (χ0) is 12.3. The van der Waals surface area contributed by atoms with E-state index in [4.69, 9.17) is 16.6 Å². The van der Waals surface area contributed by atoms with Crippen LogP contribution in [0.5, 0.6) is 0 Å². The van der Waals surface area contributed by atoms with Crippen LogP contribution in [0.1, 0.15) is 25.7 Å². The van der Waals surface area contributed by atoms with Crippen molar-refractivity contribution in [1.82, 2.24) is 0 Å². The van der Waals surface area contributed by atoms with E-state index in [0.717, 1.165) is 25.1 Å². The van der Waals surface area contributed by atoms with Gasteiger partial charge in [0, 0.05) is 24.9 Å². The second-order valence-electron chi connectivity index (χ2n) is 4.67. The fourth-order valence-electron chi connectivity index (χ4n) is 2.53. The molecule has 0 saturated carbocycles. The Bertz CT molecular complexity index is 379. The number of nitrogen functional groups attached to an aromatic ring is 2. The van der Waals surface area contributed by atoms with Crippen LogP contribution in [0.25, 0.3) is 0 Å². The van der Waals surface area contributed by atoms with Gasteiger partial charge in [-0.25, -0.2) is 0 Å². The van der Waals surface area contributed by atoms with E-state index in [2.05, 4.69) is 4.90 Å². The van der Waals surface area contributed by atoms with Gasteiger partial charge in [-0.05, 0) is 43.9 Å². The number of nitrogens with zero attached hydrogens (tertiary/aromatic N) is 1. The van der Waals surface area contributed by atoms with Crippen molar-refractivity contribution < 1.29 is 5.11 Å². The van der Waals surface area contributed by atoms with Crippen LogP contribution in [0.15, 0.2) is 18.2 Å². The average Bonchev–Trinajstić information content (AvgIpc) is 2.34. The number of rotatable bonds is 3. The smallest absolute Gasteiger partial charge is 0.0568 e. The lowest BCUT2D eigenvalue weighted by atomic mass is 9.98. The molecule has 1 aliphatic heterocycles. The highest BCUT2D eigenvalue weighted by atomic mass is 16.3. The summed E-state index contributed by atoms with van der Waals surface area (Å²) < 4.78 is 0. The summed E-state index contributed by atoms with van der Waals surface area (Å²) in [5, 5.41) is 9.11. The summed E-state index contributed by atoms with van der Waals surface area (Å²) in [5.74, 6) is 0. The molecule has 1 saturated heterocycles. The van der Waals surface area contributed by atoms with Gasteiger partial charge in [-0.2, -0.15) is 0 Å². The van der Waals surface area contributed by atoms with Gasteiger partial charge in [-0.1, -0.05) is 0 Å². The molecular weight excluding hydrogens is 214 g/mol. The number of hydrogen-bond acceptors (Lipinski definition) is 4. The molecule has 1 unspecified atom stereocenters. The van der Waals surface area contributed by atoms with Crippen molar-refractivity contribution in [2.24, 2.45) is 0 Å². The second kappa shape index (κ2) is 5.27. The van der Waals surface area contributed by atoms with Crippen LogP contribution in [0.2, 0.25) is 0 Å². The van der Waals surface area contributed by atoms with Gasteiger partial charge in [0.25, 0.3) is 0 Å². The molecule has 0 spiro atoms. The fourth-order valence-corrected chi connectivity index (χ4v) is 2.53. The largest absolute Gasteiger partial charge is 0.397 e. The maximum absolute atomic E-state index is 9.11. The molecule has 94 valence electrons. The average molecular weight is 235 g/mol. The first-order valence-electron chi connectivity index (χ1n) is 6.25. The maximum Gasteiger partial charge on any atom is 0.0568 e. The van der Waals surface area contributed by atoms with Crippen LogP contribution in [-0.4, -0.2) is 24.3 Å². The molecule has 5 N–H and O–H groups in total. The van der Waals surface area contributed by atoms with Crippen LogP contribution in [-0.2, 0) is 0 Å². The molecule has 1 aliphatic rings. The van der Waals surface area contributed by atoms with Gasteiger partial charge < -0.3 is 21.5 Å². The summed E-state index contributed by atoms with van der Waals surface area (Å²) in [6, 6.07) is 6.23. The molecule has 1 aromatic carbocycles. The predicted molar refractivity (Wildman–Crippen MR) is 72.0 cm³/mol. The van der Waals surface area contributed by atoms with Gasteiger partial charge in [0.15, 0.2) is 0 Å². The first-order valence-corrected chi connectivity index (χ1v) is 6.25. The summed E-state index contributed by atoms with van der Waals surface area (Å²) in [6.07, 6.45) is 4.41. The lowest BCUT2D eigenvalue weighted by molar-refractivity contribution is 0.262. The summed E-state index contributed by atoms with van der Waals surface area (Å²) in [7, 11) is 0. The maximum atomic E-state index is 9.11. The number of aliphatic hydroxyl groups excluding tert-OH is 1. The highest BCUT2D eigenvalue weighted by Gasteiger charge is 2.22. The summed E-state index contributed by atoms with van der Waals surface area (Å²) in [4.78, 5) is 2.34. The van der Waals surface area contributed by atoms with Gasteiger partial charge in [0.2, 0.25) is 0 Å². The Labute approximate surface area is 102 Å². The third-order valence-corrected chi connectivity index (χ3v) is 3.49. The van der Waals surface area contributed by atoms with E-state index in [-0.39, 0.29) is 6.61 Å². The summed E-state index contributed by atoms with van der Waals surface area (Å²) in [5.41, 5.74) is 14.0. The third kappa shape index (κ3) is 2.64. The number of anilines is 3. The lowest BCUT2D eigenvalue weighted by Crippen LogP contribution is -2.40. The van der Waals surface area contributed by atoms with Crippen LogP contribution in [0, 0.1) is 0 Å². The normalized spacial score (nSPS) is 20.5. The van der Waals surface area contributed by atoms with Gasteiger partial charge >= 0.3 is 0 Å². The van der Waals surface area contributed by atoms with Crippen LogP contribution in [0.4, 0.5) is 17.1 Å². The molecule has 1 fully saturated rings. The Balaban J connectivity index is 2.20. The number of nitrogens with two attached hydrogens (primary N) is 2. The Hall–Kier alpha value is -1.42. The van der Waals surface area contributed by atoms with Crippen LogP contribution >= 0.6 is 0 Å². The van der Waals surface area contributed by atoms with Crippen molar-refractivity contribution in [3.8, 4) is 0 Å². The quantitative estimate of drug-likeness (QED) is 0.695. The molecule has 0 bridgehead atoms. The van der Waals surface area contributed by atoms with E-state index >= 15 is 0 Å². The Morgan fingerprint density at radius 1 is 1.24 bits per heavy atom. The van der Waals surface area contributed by atoms with Crippen LogP contribution < -0.4 is 16.4 Å². The molecule has 0 amide bonds. The molecule has 1 heterocycles. The fraction of sp³-hybridized carbons (Fsp3) is 0.538. The number of hydrogen-bond donors (Lipinski definition) is 3. The highest BCUT2D eigenvalue weighted by Crippen LogP contribution is 2.29. The van der Waals surface area contributed by atoms with Crippen LogP contribution in [0.3, 0.4) is 0 Å². The third-order valence-electron chi connectivity index (χ3n) is 3.49. The Morgan fingerprint density at radius 3 is 2.76 bits per heavy atom. The molecule has 0 aromatic heterocycles. The Kier molecular flexibility index (Phi) is 3.74. The van der Waals surface area contributed by atoms with Gasteiger partial charge in [-0.3, -0.25) is 0 Å². The predicted octanol–water partition coefficient (Wildman–Crippen LogP) is 1.59. The topological polar surface area (TPSA) is 75.5 Å². The first kappa shape index (κ1) is 12.0. The Morgan fingerprint density at radius 2 is 2.06 bits per heavy atom. The molecule has 0 aliphatic carbocycles. The minimum absolute atomic E-state index is 0.242. The lowest BCUT2D eigenvalue weighted by Gasteiger charge is -2.37. The van der Waals surface area contributed by atoms with Crippen molar-refractivity contribution in [2.45, 2.75) is 31.7 Å². The minimum Gasteiger partial charge on any atom is -0.397 e. The highest BCUT2D eigenvalue weighted by molar-refractivity contribution is 5.70. The molecule has 1 aromatic rings. The molecule has 17 heavy (non-hydrogen) atoms. The molecule has 1 atom stereocenters. The van der Waals surface area contributed by atoms with E-state index in [1.165, 1.54) is 12.8 Å². The van der Waals surface area contributed by atoms with E-state index in [1.807, 2.05) is 18.2 Å². The van der Waals surface area contributed by atoms with Crippen molar-refractivity contribution in [3.63, 3.8) is 0 Å². The zero-order valence-electron chi connectivity index (χ0n) is 10.1. The minimum atomic E-state index is 0.242.